The van der Waals surface area contributed by atoms with Gasteiger partial charge in [-0.1, -0.05) is 0 Å². The van der Waals surface area contributed by atoms with Crippen LogP contribution in [0.5, 0.6) is 0 Å². The topological polar surface area (TPSA) is 56.3 Å². The van der Waals surface area contributed by atoms with Crippen LogP contribution < -0.4 is 18.9 Å². The zero-order chi connectivity index (χ0) is 4.99. The van der Waals surface area contributed by atoms with Gasteiger partial charge in [0.15, 0.2) is 0 Å². The largest absolute Gasteiger partial charge is 1.00 e. The molecule has 44 valence electrons. The van der Waals surface area contributed by atoms with Gasteiger partial charge in [0, 0.05) is 6.92 Å². The number of carbonyl (C=O) groups is 1. The zero-order valence-corrected chi connectivity index (χ0v) is 5.47. The number of esters is 1. The van der Waals surface area contributed by atoms with Gasteiger partial charge in [-0.05, 0) is 6.92 Å². The number of carbonyl (C=O) groups excluding carboxylic acids is 1. The Hall–Kier alpha value is 0.0274. The molecule has 8 heavy (non-hydrogen) atoms. The van der Waals surface area contributed by atoms with Crippen LogP contribution in [0.4, 0.5) is 0 Å². The van der Waals surface area contributed by atoms with Crippen molar-refractivity contribution in [2.75, 3.05) is 6.61 Å². The molecule has 0 aromatic rings. The van der Waals surface area contributed by atoms with Gasteiger partial charge in [-0.25, -0.2) is 0 Å². The first-order chi connectivity index (χ1) is 2.77. The summed E-state index contributed by atoms with van der Waals surface area (Å²) in [5.41, 5.74) is 0. The standard InChI is InChI=1S/C4H8O2.Li.H2O/c1-3-6-4(2)5;;/h3H2,1-2H3;;1H2/q;+1;/p-1. The molecule has 0 saturated carbocycles. The van der Waals surface area contributed by atoms with E-state index in [1.165, 1.54) is 6.92 Å². The second-order valence-electron chi connectivity index (χ2n) is 0.925. The molecule has 0 bridgehead atoms. The smallest absolute Gasteiger partial charge is 0.870 e. The molecule has 4 heteroatoms. The van der Waals surface area contributed by atoms with Crippen molar-refractivity contribution in [2.45, 2.75) is 13.8 Å². The molecule has 0 spiro atoms. The fourth-order valence-corrected chi connectivity index (χ4v) is 0.203. The molecule has 0 aliphatic carbocycles. The van der Waals surface area contributed by atoms with E-state index in [9.17, 15) is 4.79 Å². The molecular weight excluding hydrogens is 103 g/mol. The van der Waals surface area contributed by atoms with Gasteiger partial charge in [0.2, 0.25) is 0 Å². The van der Waals surface area contributed by atoms with E-state index in [0.29, 0.717) is 6.61 Å². The molecular formula is C4H9LiO3. The molecule has 1 N–H and O–H groups in total. The minimum absolute atomic E-state index is 0. The van der Waals surface area contributed by atoms with E-state index >= 15 is 0 Å². The molecule has 3 nitrogen and oxygen atoms in total. The molecule has 0 rings (SSSR count). The Labute approximate surface area is 60.9 Å². The summed E-state index contributed by atoms with van der Waals surface area (Å²) in [6.45, 7) is 3.65. The number of rotatable bonds is 1. The Morgan fingerprint density at radius 1 is 1.62 bits per heavy atom. The van der Waals surface area contributed by atoms with Gasteiger partial charge < -0.3 is 10.2 Å². The maximum absolute atomic E-state index is 9.82. The summed E-state index contributed by atoms with van der Waals surface area (Å²) in [6.07, 6.45) is 0. The van der Waals surface area contributed by atoms with Crippen LogP contribution in [-0.2, 0) is 9.53 Å². The van der Waals surface area contributed by atoms with Crippen molar-refractivity contribution in [3.05, 3.63) is 0 Å². The van der Waals surface area contributed by atoms with Crippen molar-refractivity contribution >= 4 is 5.97 Å². The zero-order valence-electron chi connectivity index (χ0n) is 5.47. The van der Waals surface area contributed by atoms with Gasteiger partial charge >= 0.3 is 24.8 Å². The van der Waals surface area contributed by atoms with Crippen LogP contribution in [0.2, 0.25) is 0 Å². The monoisotopic (exact) mass is 112 g/mol. The van der Waals surface area contributed by atoms with Crippen LogP contribution in [-0.4, -0.2) is 18.1 Å². The predicted molar refractivity (Wildman–Crippen MR) is 24.2 cm³/mol. The van der Waals surface area contributed by atoms with Crippen LogP contribution in [0.25, 0.3) is 0 Å². The second kappa shape index (κ2) is 10.1. The van der Waals surface area contributed by atoms with E-state index in [1.807, 2.05) is 0 Å². The average Bonchev–Trinajstić information content (AvgIpc) is 1.35. The third-order valence-electron chi connectivity index (χ3n) is 0.348. The van der Waals surface area contributed by atoms with Gasteiger partial charge in [0.1, 0.15) is 0 Å². The molecule has 0 unspecified atom stereocenters. The normalized spacial score (nSPS) is 5.75. The van der Waals surface area contributed by atoms with E-state index in [0.717, 1.165) is 0 Å². The van der Waals surface area contributed by atoms with Gasteiger partial charge in [-0.2, -0.15) is 0 Å². The first kappa shape index (κ1) is 15.7. The summed E-state index contributed by atoms with van der Waals surface area (Å²) in [5, 5.41) is 0. The number of hydrogen-bond donors (Lipinski definition) is 0. The summed E-state index contributed by atoms with van der Waals surface area (Å²) >= 11 is 0. The van der Waals surface area contributed by atoms with Crippen molar-refractivity contribution in [3.8, 4) is 0 Å². The van der Waals surface area contributed by atoms with Crippen LogP contribution in [0, 0.1) is 0 Å². The number of ether oxygens (including phenoxy) is 1. The molecule has 0 radical (unpaired) electrons. The quantitative estimate of drug-likeness (QED) is 0.276. The Morgan fingerprint density at radius 2 is 2.00 bits per heavy atom. The number of hydrogen-bond acceptors (Lipinski definition) is 3. The molecule has 0 aromatic carbocycles. The van der Waals surface area contributed by atoms with Crippen molar-refractivity contribution in [3.63, 3.8) is 0 Å². The van der Waals surface area contributed by atoms with E-state index in [1.54, 1.807) is 6.92 Å². The van der Waals surface area contributed by atoms with E-state index < -0.39 is 0 Å². The summed E-state index contributed by atoms with van der Waals surface area (Å²) in [4.78, 5) is 9.82. The third kappa shape index (κ3) is 16.6. The summed E-state index contributed by atoms with van der Waals surface area (Å²) < 4.78 is 4.40. The Morgan fingerprint density at radius 3 is 2.00 bits per heavy atom. The summed E-state index contributed by atoms with van der Waals surface area (Å²) in [5.74, 6) is -0.211. The SMILES string of the molecule is CCOC(C)=O.[Li+].[OH-]. The van der Waals surface area contributed by atoms with Gasteiger partial charge in [0.25, 0.3) is 0 Å². The van der Waals surface area contributed by atoms with Crippen molar-refractivity contribution in [2.24, 2.45) is 0 Å². The Kier molecular flexibility index (Phi) is 19.8. The first-order valence-electron chi connectivity index (χ1n) is 1.90. The fourth-order valence-electron chi connectivity index (χ4n) is 0.203. The maximum Gasteiger partial charge on any atom is 1.00 e. The Bertz CT molecular complexity index is 55.2. The van der Waals surface area contributed by atoms with E-state index in [4.69, 9.17) is 0 Å². The van der Waals surface area contributed by atoms with Crippen LogP contribution in [0.1, 0.15) is 13.8 Å². The van der Waals surface area contributed by atoms with Crippen LogP contribution >= 0.6 is 0 Å². The van der Waals surface area contributed by atoms with Gasteiger partial charge in [-0.15, -0.1) is 0 Å². The van der Waals surface area contributed by atoms with Gasteiger partial charge in [-0.3, -0.25) is 4.79 Å². The third-order valence-corrected chi connectivity index (χ3v) is 0.348. The average molecular weight is 112 g/mol. The van der Waals surface area contributed by atoms with E-state index in [-0.39, 0.29) is 30.3 Å². The minimum atomic E-state index is -0.211. The molecule has 0 fully saturated rings. The van der Waals surface area contributed by atoms with E-state index in [2.05, 4.69) is 4.74 Å². The molecule has 0 aliphatic heterocycles. The van der Waals surface area contributed by atoms with Crippen LogP contribution in [0.15, 0.2) is 0 Å². The molecule has 0 saturated heterocycles. The molecule has 0 aromatic heterocycles. The van der Waals surface area contributed by atoms with Crippen molar-refractivity contribution in [1.29, 1.82) is 0 Å². The second-order valence-corrected chi connectivity index (χ2v) is 0.925. The summed E-state index contributed by atoms with van der Waals surface area (Å²) in [6, 6.07) is 0. The first-order valence-corrected chi connectivity index (χ1v) is 1.90. The van der Waals surface area contributed by atoms with Crippen LogP contribution in [0.3, 0.4) is 0 Å². The van der Waals surface area contributed by atoms with Gasteiger partial charge in [0.05, 0.1) is 6.61 Å². The maximum atomic E-state index is 9.82. The minimum Gasteiger partial charge on any atom is -0.870 e. The Balaban J connectivity index is -0.000000125. The molecule has 0 atom stereocenters. The van der Waals surface area contributed by atoms with Crippen molar-refractivity contribution < 1.29 is 33.9 Å². The fraction of sp³-hybridized carbons (Fsp3) is 0.750. The molecule has 0 amide bonds. The predicted octanol–water partition coefficient (Wildman–Crippen LogP) is -2.60. The van der Waals surface area contributed by atoms with Crippen molar-refractivity contribution in [1.82, 2.24) is 0 Å². The molecule has 0 aliphatic rings. The summed E-state index contributed by atoms with van der Waals surface area (Å²) in [7, 11) is 0. The molecule has 0 heterocycles.